The summed E-state index contributed by atoms with van der Waals surface area (Å²) in [6, 6.07) is 24.2. The Labute approximate surface area is 372 Å². The van der Waals surface area contributed by atoms with E-state index in [0.29, 0.717) is 52.2 Å². The van der Waals surface area contributed by atoms with E-state index in [-0.39, 0.29) is 56.0 Å². The second kappa shape index (κ2) is 24.4. The highest BCUT2D eigenvalue weighted by Crippen LogP contribution is 2.34. The second-order valence-electron chi connectivity index (χ2n) is 17.7. The fourth-order valence-corrected chi connectivity index (χ4v) is 7.73. The van der Waals surface area contributed by atoms with Crippen LogP contribution in [0, 0.1) is 17.8 Å². The number of hydrogen-bond donors (Lipinski definition) is 5. The number of nitrogens with zero attached hydrogens (tertiary/aromatic N) is 1. The molecule has 0 saturated carbocycles. The Morgan fingerprint density at radius 3 is 1.67 bits per heavy atom. The molecule has 3 aromatic rings. The van der Waals surface area contributed by atoms with Crippen molar-refractivity contribution in [1.82, 2.24) is 31.5 Å². The van der Waals surface area contributed by atoms with Gasteiger partial charge in [-0.15, -0.1) is 0 Å². The number of carbonyl (C=O) groups excluding carboxylic acids is 6. The molecule has 6 atom stereocenters. The normalized spacial score (nSPS) is 18.6. The van der Waals surface area contributed by atoms with E-state index >= 15 is 0 Å². The molecular weight excluding hydrogens is 801 g/mol. The third-order valence-corrected chi connectivity index (χ3v) is 11.7. The first-order valence-corrected chi connectivity index (χ1v) is 22.3. The van der Waals surface area contributed by atoms with Gasteiger partial charge in [-0.2, -0.15) is 0 Å². The van der Waals surface area contributed by atoms with E-state index in [1.54, 1.807) is 0 Å². The van der Waals surface area contributed by atoms with Gasteiger partial charge in [-0.05, 0) is 60.1 Å². The minimum absolute atomic E-state index is 0.0253. The van der Waals surface area contributed by atoms with Gasteiger partial charge in [0.2, 0.25) is 29.5 Å². The van der Waals surface area contributed by atoms with E-state index in [9.17, 15) is 28.8 Å². The molecule has 0 aromatic heterocycles. The lowest BCUT2D eigenvalue weighted by Crippen LogP contribution is -2.59. The van der Waals surface area contributed by atoms with Gasteiger partial charge < -0.3 is 40.9 Å². The van der Waals surface area contributed by atoms with Crippen LogP contribution in [-0.4, -0.2) is 116 Å². The second-order valence-corrected chi connectivity index (χ2v) is 17.7. The first kappa shape index (κ1) is 48.6. The van der Waals surface area contributed by atoms with Gasteiger partial charge in [0.05, 0.1) is 26.4 Å². The monoisotopic (exact) mass is 866 g/mol. The molecule has 0 spiro atoms. The number of rotatable bonds is 25. The first-order chi connectivity index (χ1) is 30.3. The molecule has 2 saturated heterocycles. The van der Waals surface area contributed by atoms with Gasteiger partial charge >= 0.3 is 0 Å². The maximum atomic E-state index is 14.4. The van der Waals surface area contributed by atoms with Crippen LogP contribution in [0.3, 0.4) is 0 Å². The van der Waals surface area contributed by atoms with Gasteiger partial charge in [0, 0.05) is 32.5 Å². The van der Waals surface area contributed by atoms with Crippen LogP contribution in [0.25, 0.3) is 0 Å². The van der Waals surface area contributed by atoms with Crippen LogP contribution in [0.1, 0.15) is 63.6 Å². The van der Waals surface area contributed by atoms with E-state index in [4.69, 9.17) is 9.47 Å². The Hall–Kier alpha value is -5.44. The van der Waals surface area contributed by atoms with Crippen LogP contribution in [0.2, 0.25) is 0 Å². The highest BCUT2D eigenvalue weighted by molar-refractivity contribution is 5.96. The predicted molar refractivity (Wildman–Crippen MR) is 240 cm³/mol. The zero-order valence-electron chi connectivity index (χ0n) is 37.2. The number of ether oxygens (including phenoxy) is 2. The van der Waals surface area contributed by atoms with E-state index < -0.39 is 53.4 Å². The third-order valence-electron chi connectivity index (χ3n) is 11.7. The quantitative estimate of drug-likeness (QED) is 0.0630. The number of amides is 5. The Morgan fingerprint density at radius 1 is 0.667 bits per heavy atom. The van der Waals surface area contributed by atoms with Crippen LogP contribution in [0.4, 0.5) is 0 Å². The molecule has 340 valence electrons. The fraction of sp³-hybridized carbons (Fsp3) is 0.510. The SMILES string of the molecule is CC(C)C[C@H](NC(=O)[C@H](CCc1ccccc1)NC(=O)CN1CCOCC1)C(=O)N[C@@H](Cc1ccccc1)C(=O)N[C@@H](Cc1ccccc1)C(=O)NCC(C[C@]1(C=O)CO1)C(C)C. The van der Waals surface area contributed by atoms with Crippen molar-refractivity contribution in [2.75, 3.05) is 46.0 Å². The fourth-order valence-electron chi connectivity index (χ4n) is 7.73. The van der Waals surface area contributed by atoms with Crippen molar-refractivity contribution in [1.29, 1.82) is 0 Å². The maximum absolute atomic E-state index is 14.4. The highest BCUT2D eigenvalue weighted by Gasteiger charge is 2.47. The van der Waals surface area contributed by atoms with Gasteiger partial charge in [-0.25, -0.2) is 0 Å². The molecule has 2 heterocycles. The smallest absolute Gasteiger partial charge is 0.243 e. The lowest BCUT2D eigenvalue weighted by Gasteiger charge is -2.29. The molecule has 14 nitrogen and oxygen atoms in total. The summed E-state index contributed by atoms with van der Waals surface area (Å²) < 4.78 is 10.9. The Morgan fingerprint density at radius 2 is 1.16 bits per heavy atom. The lowest BCUT2D eigenvalue weighted by atomic mass is 9.86. The predicted octanol–water partition coefficient (Wildman–Crippen LogP) is 3.17. The molecule has 5 amide bonds. The number of aryl methyl sites for hydroxylation is 1. The Kier molecular flexibility index (Phi) is 18.8. The van der Waals surface area contributed by atoms with Crippen molar-refractivity contribution < 1.29 is 38.2 Å². The molecule has 0 bridgehead atoms. The first-order valence-electron chi connectivity index (χ1n) is 22.3. The lowest BCUT2D eigenvalue weighted by molar-refractivity contribution is -0.135. The van der Waals surface area contributed by atoms with Crippen molar-refractivity contribution in [3.05, 3.63) is 108 Å². The molecule has 0 radical (unpaired) electrons. The number of hydrogen-bond acceptors (Lipinski definition) is 9. The largest absolute Gasteiger partial charge is 0.379 e. The number of epoxide rings is 1. The minimum atomic E-state index is -1.12. The van der Waals surface area contributed by atoms with E-state index in [1.165, 1.54) is 0 Å². The van der Waals surface area contributed by atoms with E-state index in [2.05, 4.69) is 26.6 Å². The van der Waals surface area contributed by atoms with Crippen molar-refractivity contribution in [2.24, 2.45) is 17.8 Å². The summed E-state index contributed by atoms with van der Waals surface area (Å²) >= 11 is 0. The topological polar surface area (TPSA) is 188 Å². The van der Waals surface area contributed by atoms with Crippen LogP contribution >= 0.6 is 0 Å². The summed E-state index contributed by atoms with van der Waals surface area (Å²) in [5, 5.41) is 14.8. The maximum Gasteiger partial charge on any atom is 0.243 e. The Bertz CT molecular complexity index is 1920. The van der Waals surface area contributed by atoms with Crippen molar-refractivity contribution >= 4 is 35.8 Å². The van der Waals surface area contributed by atoms with Crippen LogP contribution in [0.15, 0.2) is 91.0 Å². The summed E-state index contributed by atoms with van der Waals surface area (Å²) in [5.74, 6) is -2.27. The number of benzene rings is 3. The summed E-state index contributed by atoms with van der Waals surface area (Å²) in [7, 11) is 0. The molecule has 2 aliphatic heterocycles. The third kappa shape index (κ3) is 16.3. The standard InChI is InChI=1S/C49H66N6O8/c1-34(2)26-41(52-46(59)40(21-20-36-14-8-5-9-15-36)51-44(57)31-55-22-24-62-25-23-55)47(60)54-43(28-38-18-12-7-13-19-38)48(61)53-42(27-37-16-10-6-11-17-37)45(58)50-30-39(35(3)4)29-49(32-56)33-63-49/h5-19,32,34-35,39-43H,20-31,33H2,1-4H3,(H,50,58)(H,51,57)(H,52,59)(H,53,61)(H,54,60)/t39?,40-,41-,42-,43-,49-/m0/s1. The van der Waals surface area contributed by atoms with Crippen molar-refractivity contribution in [3.63, 3.8) is 0 Å². The zero-order chi connectivity index (χ0) is 45.2. The number of aldehydes is 1. The van der Waals surface area contributed by atoms with Crippen LogP contribution in [0.5, 0.6) is 0 Å². The highest BCUT2D eigenvalue weighted by atomic mass is 16.6. The van der Waals surface area contributed by atoms with Crippen molar-refractivity contribution in [3.8, 4) is 0 Å². The van der Waals surface area contributed by atoms with Crippen LogP contribution in [-0.2, 0) is 57.5 Å². The summed E-state index contributed by atoms with van der Waals surface area (Å²) in [6.45, 7) is 10.9. The van der Waals surface area contributed by atoms with Gasteiger partial charge in [0.15, 0.2) is 6.29 Å². The summed E-state index contributed by atoms with van der Waals surface area (Å²) in [4.78, 5) is 84.0. The number of nitrogens with one attached hydrogen (secondary N) is 5. The molecule has 5 rings (SSSR count). The minimum Gasteiger partial charge on any atom is -0.379 e. The molecule has 3 aromatic carbocycles. The number of morpholine rings is 1. The molecule has 2 fully saturated rings. The number of carbonyl (C=O) groups is 6. The Balaban J connectivity index is 1.33. The van der Waals surface area contributed by atoms with E-state index in [1.807, 2.05) is 124 Å². The average molecular weight is 867 g/mol. The molecule has 2 aliphatic rings. The van der Waals surface area contributed by atoms with Gasteiger partial charge in [-0.1, -0.05) is 119 Å². The summed E-state index contributed by atoms with van der Waals surface area (Å²) in [6.07, 6.45) is 2.67. The molecule has 1 unspecified atom stereocenters. The molecule has 63 heavy (non-hydrogen) atoms. The molecule has 5 N–H and O–H groups in total. The zero-order valence-corrected chi connectivity index (χ0v) is 37.2. The van der Waals surface area contributed by atoms with E-state index in [0.717, 1.165) is 23.0 Å². The van der Waals surface area contributed by atoms with Gasteiger partial charge in [0.1, 0.15) is 29.8 Å². The average Bonchev–Trinajstić information content (AvgIpc) is 4.06. The van der Waals surface area contributed by atoms with Crippen molar-refractivity contribution in [2.45, 2.75) is 96.0 Å². The van der Waals surface area contributed by atoms with Crippen LogP contribution < -0.4 is 26.6 Å². The molecular formula is C49H66N6O8. The summed E-state index contributed by atoms with van der Waals surface area (Å²) in [5.41, 5.74) is 1.79. The molecule has 14 heteroatoms. The van der Waals surface area contributed by atoms with Gasteiger partial charge in [-0.3, -0.25) is 28.9 Å². The molecule has 0 aliphatic carbocycles. The van der Waals surface area contributed by atoms with Gasteiger partial charge in [0.25, 0.3) is 0 Å².